The van der Waals surface area contributed by atoms with Gasteiger partial charge in [0, 0.05) is 38.3 Å². The third-order valence-corrected chi connectivity index (χ3v) is 7.37. The second-order valence-electron chi connectivity index (χ2n) is 10.1. The number of piperazine rings is 1. The highest BCUT2D eigenvalue weighted by Crippen LogP contribution is 2.38. The van der Waals surface area contributed by atoms with E-state index in [0.29, 0.717) is 54.5 Å². The van der Waals surface area contributed by atoms with Crippen molar-refractivity contribution in [3.8, 4) is 11.3 Å². The molecule has 9 nitrogen and oxygen atoms in total. The van der Waals surface area contributed by atoms with Crippen LogP contribution in [0.3, 0.4) is 0 Å². The molecule has 1 unspecified atom stereocenters. The van der Waals surface area contributed by atoms with Crippen molar-refractivity contribution in [2.75, 3.05) is 31.6 Å². The molecule has 1 fully saturated rings. The molecule has 0 radical (unpaired) electrons. The first-order valence-corrected chi connectivity index (χ1v) is 13.7. The number of anilines is 2. The van der Waals surface area contributed by atoms with Gasteiger partial charge in [0.1, 0.15) is 18.0 Å². The molecule has 1 aliphatic rings. The molecular formula is C30H33ClFN7O2. The quantitative estimate of drug-likeness (QED) is 0.167. The molecule has 0 spiro atoms. The number of aliphatic imine (C=N–C) groups is 1. The van der Waals surface area contributed by atoms with Crippen LogP contribution < -0.4 is 4.90 Å². The second-order valence-corrected chi connectivity index (χ2v) is 10.5. The zero-order valence-corrected chi connectivity index (χ0v) is 24.6. The smallest absolute Gasteiger partial charge is 0.246 e. The summed E-state index contributed by atoms with van der Waals surface area (Å²) in [5.41, 5.74) is 2.56. The predicted molar refractivity (Wildman–Crippen MR) is 159 cm³/mol. The molecule has 4 rings (SSSR count). The Bertz CT molecular complexity index is 1510. The van der Waals surface area contributed by atoms with E-state index in [9.17, 15) is 14.0 Å². The summed E-state index contributed by atoms with van der Waals surface area (Å²) >= 11 is 6.78. The Kier molecular flexibility index (Phi) is 9.12. The van der Waals surface area contributed by atoms with Gasteiger partial charge in [-0.15, -0.1) is 0 Å². The highest BCUT2D eigenvalue weighted by molar-refractivity contribution is 6.33. The van der Waals surface area contributed by atoms with E-state index in [-0.39, 0.29) is 40.0 Å². The van der Waals surface area contributed by atoms with Gasteiger partial charge in [0.05, 0.1) is 33.4 Å². The summed E-state index contributed by atoms with van der Waals surface area (Å²) < 4.78 is 15.0. The van der Waals surface area contributed by atoms with Crippen LogP contribution in [-0.4, -0.2) is 75.6 Å². The van der Waals surface area contributed by atoms with E-state index < -0.39 is 5.82 Å². The van der Waals surface area contributed by atoms with Crippen LogP contribution in [0.25, 0.3) is 11.3 Å². The molecule has 3 heterocycles. The van der Waals surface area contributed by atoms with E-state index in [2.05, 4.69) is 21.5 Å². The van der Waals surface area contributed by atoms with Gasteiger partial charge in [0.15, 0.2) is 5.82 Å². The van der Waals surface area contributed by atoms with E-state index in [0.717, 1.165) is 0 Å². The van der Waals surface area contributed by atoms with Crippen molar-refractivity contribution in [3.05, 3.63) is 77.1 Å². The third kappa shape index (κ3) is 5.83. The molecule has 214 valence electrons. The van der Waals surface area contributed by atoms with Crippen LogP contribution in [0.15, 0.2) is 54.3 Å². The summed E-state index contributed by atoms with van der Waals surface area (Å²) in [6.07, 6.45) is 3.42. The van der Waals surface area contributed by atoms with Gasteiger partial charge in [-0.2, -0.15) is 0 Å². The van der Waals surface area contributed by atoms with E-state index >= 15 is 0 Å². The average Bonchev–Trinajstić information content (AvgIpc) is 2.96. The highest BCUT2D eigenvalue weighted by Gasteiger charge is 2.32. The molecule has 0 N–H and O–H groups in total. The summed E-state index contributed by atoms with van der Waals surface area (Å²) in [5.74, 6) is 0.0612. The number of carbonyl (C=O) groups is 2. The van der Waals surface area contributed by atoms with Gasteiger partial charge in [0.25, 0.3) is 0 Å². The fourth-order valence-electron chi connectivity index (χ4n) is 5.09. The summed E-state index contributed by atoms with van der Waals surface area (Å²) in [6.45, 7) is 12.7. The molecule has 1 aromatic carbocycles. The summed E-state index contributed by atoms with van der Waals surface area (Å²) in [7, 11) is 1.65. The van der Waals surface area contributed by atoms with Crippen LogP contribution in [-0.2, 0) is 9.59 Å². The van der Waals surface area contributed by atoms with Crippen molar-refractivity contribution < 1.29 is 14.0 Å². The van der Waals surface area contributed by atoms with E-state index in [4.69, 9.17) is 16.6 Å². The maximum atomic E-state index is 15.0. The van der Waals surface area contributed by atoms with Gasteiger partial charge < -0.3 is 9.80 Å². The molecule has 0 bridgehead atoms. The van der Waals surface area contributed by atoms with Gasteiger partial charge >= 0.3 is 0 Å². The molecule has 1 aliphatic heterocycles. The number of benzene rings is 1. The summed E-state index contributed by atoms with van der Waals surface area (Å²) in [6, 6.07) is 7.72. The first kappa shape index (κ1) is 29.8. The SMILES string of the molecule is C=CC(=O)N1CCN(C(=NC)c2cc(Cl)c(-c3ccccc3F)nc2N(C=O)c2c(C)ncnc2C(C)C)C(C)C1. The van der Waals surface area contributed by atoms with Crippen molar-refractivity contribution >= 4 is 41.3 Å². The Hall–Kier alpha value is -4.18. The molecular weight excluding hydrogens is 545 g/mol. The predicted octanol–water partition coefficient (Wildman–Crippen LogP) is 5.15. The number of rotatable bonds is 7. The van der Waals surface area contributed by atoms with E-state index in [1.54, 1.807) is 43.1 Å². The zero-order chi connectivity index (χ0) is 29.8. The van der Waals surface area contributed by atoms with Gasteiger partial charge in [-0.05, 0) is 44.0 Å². The molecule has 0 aliphatic carbocycles. The molecule has 11 heteroatoms. The molecule has 0 saturated carbocycles. The number of hydrogen-bond donors (Lipinski definition) is 0. The largest absolute Gasteiger partial charge is 0.350 e. The number of amidine groups is 1. The molecule has 41 heavy (non-hydrogen) atoms. The first-order valence-electron chi connectivity index (χ1n) is 13.3. The number of aryl methyl sites for hydroxylation is 1. The van der Waals surface area contributed by atoms with Crippen LogP contribution in [0.4, 0.5) is 15.9 Å². The number of aromatic nitrogens is 3. The van der Waals surface area contributed by atoms with Crippen LogP contribution in [0, 0.1) is 12.7 Å². The monoisotopic (exact) mass is 577 g/mol. The number of nitrogens with zero attached hydrogens (tertiary/aromatic N) is 7. The highest BCUT2D eigenvalue weighted by atomic mass is 35.5. The molecule has 2 aromatic heterocycles. The maximum Gasteiger partial charge on any atom is 0.246 e. The summed E-state index contributed by atoms with van der Waals surface area (Å²) in [5, 5.41) is 0.194. The molecule has 2 amide bonds. The van der Waals surface area contributed by atoms with Gasteiger partial charge in [0.2, 0.25) is 12.3 Å². The molecule has 1 atom stereocenters. The standard InChI is InChI=1S/C30H33ClFN7O2/c1-7-25(41)37-12-13-38(19(4)15-37)29(33-6)22-14-23(31)27(21-10-8-9-11-24(21)32)36-30(22)39(17-40)28-20(5)34-16-35-26(28)18(2)3/h7-11,14,16-19H,1,12-13,15H2,2-6H3. The van der Waals surface area contributed by atoms with Crippen LogP contribution in [0.1, 0.15) is 43.6 Å². The Morgan fingerprint density at radius 1 is 1.27 bits per heavy atom. The molecule has 1 saturated heterocycles. The van der Waals surface area contributed by atoms with Gasteiger partial charge in [-0.3, -0.25) is 19.5 Å². The minimum absolute atomic E-state index is 0.0363. The number of halogens is 2. The Morgan fingerprint density at radius 3 is 2.61 bits per heavy atom. The van der Waals surface area contributed by atoms with Crippen molar-refractivity contribution in [2.24, 2.45) is 4.99 Å². The fraction of sp³-hybridized carbons (Fsp3) is 0.333. The minimum Gasteiger partial charge on any atom is -0.350 e. The number of carbonyl (C=O) groups excluding carboxylic acids is 2. The average molecular weight is 578 g/mol. The summed E-state index contributed by atoms with van der Waals surface area (Å²) in [4.78, 5) is 48.6. The lowest BCUT2D eigenvalue weighted by Crippen LogP contribution is -2.55. The minimum atomic E-state index is -0.499. The lowest BCUT2D eigenvalue weighted by atomic mass is 10.0. The van der Waals surface area contributed by atoms with Gasteiger partial charge in [-0.25, -0.2) is 19.3 Å². The normalized spacial score (nSPS) is 15.7. The lowest BCUT2D eigenvalue weighted by Gasteiger charge is -2.41. The lowest BCUT2D eigenvalue weighted by molar-refractivity contribution is -0.128. The number of pyridine rings is 1. The van der Waals surface area contributed by atoms with E-state index in [1.807, 2.05) is 25.7 Å². The third-order valence-electron chi connectivity index (χ3n) is 7.08. The first-order chi connectivity index (χ1) is 19.6. The van der Waals surface area contributed by atoms with Crippen LogP contribution in [0.2, 0.25) is 5.02 Å². The fourth-order valence-corrected chi connectivity index (χ4v) is 5.34. The van der Waals surface area contributed by atoms with Crippen LogP contribution >= 0.6 is 11.6 Å². The Morgan fingerprint density at radius 2 is 2.00 bits per heavy atom. The van der Waals surface area contributed by atoms with Crippen LogP contribution in [0.5, 0.6) is 0 Å². The zero-order valence-electron chi connectivity index (χ0n) is 23.8. The number of amides is 2. The number of hydrogen-bond acceptors (Lipinski definition) is 6. The molecule has 3 aromatic rings. The second kappa shape index (κ2) is 12.6. The van der Waals surface area contributed by atoms with Crippen molar-refractivity contribution in [3.63, 3.8) is 0 Å². The van der Waals surface area contributed by atoms with E-state index in [1.165, 1.54) is 23.4 Å². The Labute approximate surface area is 244 Å². The van der Waals surface area contributed by atoms with Crippen molar-refractivity contribution in [2.45, 2.75) is 39.7 Å². The van der Waals surface area contributed by atoms with Gasteiger partial charge in [-0.1, -0.05) is 44.2 Å². The van der Waals surface area contributed by atoms with Crippen molar-refractivity contribution in [1.29, 1.82) is 0 Å². The van der Waals surface area contributed by atoms with Crippen molar-refractivity contribution in [1.82, 2.24) is 24.8 Å². The Balaban J connectivity index is 1.95. The topological polar surface area (TPSA) is 94.9 Å². The maximum absolute atomic E-state index is 15.0.